The molecule has 1 heterocycles. The van der Waals surface area contributed by atoms with Gasteiger partial charge in [0.2, 0.25) is 5.12 Å². The van der Waals surface area contributed by atoms with E-state index in [0.29, 0.717) is 0 Å². The zero-order chi connectivity index (χ0) is 15.1. The van der Waals surface area contributed by atoms with Crippen molar-refractivity contribution in [3.8, 4) is 0 Å². The number of carbonyl (C=O) groups excluding carboxylic acids is 1. The molecule has 1 aliphatic rings. The molecule has 0 radical (unpaired) electrons. The standard InChI is InChI=1S/C14H17NO4S/c1-13(2,3)20-12(16)14(4)11(19-14)9-5-7-10(8-6-9)15(17)18/h5-8,11H,1-4H3/t11-,14-/m1/s1. The predicted molar refractivity (Wildman–Crippen MR) is 77.7 cm³/mol. The number of benzene rings is 1. The molecule has 0 aromatic heterocycles. The smallest absolute Gasteiger partial charge is 0.269 e. The van der Waals surface area contributed by atoms with E-state index in [-0.39, 0.29) is 21.7 Å². The lowest BCUT2D eigenvalue weighted by Crippen LogP contribution is -2.23. The third-order valence-corrected chi connectivity index (χ3v) is 4.22. The first-order valence-electron chi connectivity index (χ1n) is 6.29. The molecule has 6 heteroatoms. The van der Waals surface area contributed by atoms with Gasteiger partial charge in [-0.15, -0.1) is 0 Å². The number of non-ortho nitro benzene ring substituents is 1. The SMILES string of the molecule is CC(C)(C)SC(=O)[C@]1(C)O[C@@H]1c1ccc([N+](=O)[O-])cc1. The molecule has 1 fully saturated rings. The molecule has 1 saturated heterocycles. The van der Waals surface area contributed by atoms with Crippen LogP contribution in [0.2, 0.25) is 0 Å². The van der Waals surface area contributed by atoms with Gasteiger partial charge in [-0.05, 0) is 24.6 Å². The average molecular weight is 295 g/mol. The van der Waals surface area contributed by atoms with Crippen LogP contribution in [0, 0.1) is 10.1 Å². The Morgan fingerprint density at radius 2 is 1.90 bits per heavy atom. The van der Waals surface area contributed by atoms with Gasteiger partial charge in [-0.25, -0.2) is 0 Å². The number of rotatable bonds is 3. The number of nitro benzene ring substituents is 1. The Morgan fingerprint density at radius 1 is 1.35 bits per heavy atom. The number of hydrogen-bond donors (Lipinski definition) is 0. The van der Waals surface area contributed by atoms with Crippen LogP contribution in [0.4, 0.5) is 5.69 Å². The highest BCUT2D eigenvalue weighted by molar-refractivity contribution is 8.15. The summed E-state index contributed by atoms with van der Waals surface area (Å²) in [4.78, 5) is 22.4. The van der Waals surface area contributed by atoms with E-state index in [0.717, 1.165) is 5.56 Å². The summed E-state index contributed by atoms with van der Waals surface area (Å²) in [5.41, 5.74) is 0.00103. The van der Waals surface area contributed by atoms with E-state index in [1.54, 1.807) is 19.1 Å². The van der Waals surface area contributed by atoms with E-state index in [1.165, 1.54) is 23.9 Å². The van der Waals surface area contributed by atoms with Gasteiger partial charge in [0, 0.05) is 16.9 Å². The molecule has 0 amide bonds. The molecule has 0 N–H and O–H groups in total. The monoisotopic (exact) mass is 295 g/mol. The highest BCUT2D eigenvalue weighted by Gasteiger charge is 2.59. The number of nitrogens with zero attached hydrogens (tertiary/aromatic N) is 1. The number of epoxide rings is 1. The highest BCUT2D eigenvalue weighted by Crippen LogP contribution is 2.53. The van der Waals surface area contributed by atoms with Crippen molar-refractivity contribution in [2.24, 2.45) is 0 Å². The Kier molecular flexibility index (Phi) is 3.64. The van der Waals surface area contributed by atoms with Crippen LogP contribution in [0.1, 0.15) is 39.4 Å². The van der Waals surface area contributed by atoms with E-state index in [1.807, 2.05) is 20.8 Å². The van der Waals surface area contributed by atoms with Gasteiger partial charge >= 0.3 is 0 Å². The van der Waals surface area contributed by atoms with E-state index in [4.69, 9.17) is 4.74 Å². The van der Waals surface area contributed by atoms with E-state index >= 15 is 0 Å². The van der Waals surface area contributed by atoms with Gasteiger partial charge in [0.25, 0.3) is 5.69 Å². The first-order chi connectivity index (χ1) is 9.13. The minimum Gasteiger partial charge on any atom is -0.352 e. The Labute approximate surface area is 121 Å². The fourth-order valence-electron chi connectivity index (χ4n) is 1.90. The Hall–Kier alpha value is -1.40. The van der Waals surface area contributed by atoms with Gasteiger partial charge in [-0.1, -0.05) is 32.5 Å². The largest absolute Gasteiger partial charge is 0.352 e. The van der Waals surface area contributed by atoms with Crippen molar-refractivity contribution in [2.75, 3.05) is 0 Å². The van der Waals surface area contributed by atoms with Crippen molar-refractivity contribution in [3.05, 3.63) is 39.9 Å². The van der Waals surface area contributed by atoms with Crippen molar-refractivity contribution in [2.45, 2.75) is 44.1 Å². The summed E-state index contributed by atoms with van der Waals surface area (Å²) in [6, 6.07) is 6.14. The van der Waals surface area contributed by atoms with Gasteiger partial charge in [-0.2, -0.15) is 0 Å². The maximum absolute atomic E-state index is 12.2. The zero-order valence-electron chi connectivity index (χ0n) is 11.9. The normalized spacial score (nSPS) is 25.3. The second-order valence-corrected chi connectivity index (χ2v) is 7.76. The van der Waals surface area contributed by atoms with Crippen molar-refractivity contribution in [1.29, 1.82) is 0 Å². The summed E-state index contributed by atoms with van der Waals surface area (Å²) >= 11 is 1.26. The van der Waals surface area contributed by atoms with Crippen LogP contribution in [0.15, 0.2) is 24.3 Å². The summed E-state index contributed by atoms with van der Waals surface area (Å²) in [5.74, 6) is 0. The van der Waals surface area contributed by atoms with Crippen molar-refractivity contribution in [3.63, 3.8) is 0 Å². The number of thioether (sulfide) groups is 1. The predicted octanol–water partition coefficient (Wildman–Crippen LogP) is 3.48. The molecule has 20 heavy (non-hydrogen) atoms. The lowest BCUT2D eigenvalue weighted by Gasteiger charge is -2.17. The van der Waals surface area contributed by atoms with Crippen LogP contribution in [0.3, 0.4) is 0 Å². The molecule has 1 aromatic rings. The Morgan fingerprint density at radius 3 is 2.35 bits per heavy atom. The number of hydrogen-bond acceptors (Lipinski definition) is 5. The Bertz CT molecular complexity index is 549. The fourth-order valence-corrected chi connectivity index (χ4v) is 2.82. The Balaban J connectivity index is 2.10. The van der Waals surface area contributed by atoms with Crippen LogP contribution >= 0.6 is 11.8 Å². The molecule has 0 unspecified atom stereocenters. The molecule has 108 valence electrons. The number of nitro groups is 1. The molecule has 2 atom stereocenters. The molecule has 1 aliphatic heterocycles. The lowest BCUT2D eigenvalue weighted by molar-refractivity contribution is -0.384. The molecule has 0 aliphatic carbocycles. The topological polar surface area (TPSA) is 72.7 Å². The van der Waals surface area contributed by atoms with Crippen LogP contribution < -0.4 is 0 Å². The molecular formula is C14H17NO4S. The molecule has 2 rings (SSSR count). The summed E-state index contributed by atoms with van der Waals surface area (Å²) in [6.07, 6.45) is -0.314. The van der Waals surface area contributed by atoms with E-state index in [9.17, 15) is 14.9 Å². The van der Waals surface area contributed by atoms with Crippen LogP contribution in [0.5, 0.6) is 0 Å². The van der Waals surface area contributed by atoms with Gasteiger partial charge in [0.15, 0.2) is 5.60 Å². The number of carbonyl (C=O) groups is 1. The van der Waals surface area contributed by atoms with E-state index < -0.39 is 10.5 Å². The summed E-state index contributed by atoms with van der Waals surface area (Å²) in [6.45, 7) is 7.69. The third-order valence-electron chi connectivity index (χ3n) is 3.02. The highest BCUT2D eigenvalue weighted by atomic mass is 32.2. The number of ether oxygens (including phenoxy) is 1. The second-order valence-electron chi connectivity index (χ2n) is 5.96. The maximum atomic E-state index is 12.2. The van der Waals surface area contributed by atoms with Gasteiger partial charge in [0.05, 0.1) is 4.92 Å². The third kappa shape index (κ3) is 3.02. The maximum Gasteiger partial charge on any atom is 0.269 e. The molecule has 0 bridgehead atoms. The van der Waals surface area contributed by atoms with Crippen molar-refractivity contribution < 1.29 is 14.5 Å². The molecule has 0 saturated carbocycles. The van der Waals surface area contributed by atoms with Gasteiger partial charge < -0.3 is 4.74 Å². The molecule has 1 aromatic carbocycles. The van der Waals surface area contributed by atoms with E-state index in [2.05, 4.69) is 0 Å². The fraction of sp³-hybridized carbons (Fsp3) is 0.500. The van der Waals surface area contributed by atoms with Crippen LogP contribution in [0.25, 0.3) is 0 Å². The molecular weight excluding hydrogens is 278 g/mol. The molecule has 0 spiro atoms. The van der Waals surface area contributed by atoms with Crippen LogP contribution in [-0.4, -0.2) is 20.4 Å². The minimum absolute atomic E-state index is 0.00615. The average Bonchev–Trinajstić information content (AvgIpc) is 3.01. The quantitative estimate of drug-likeness (QED) is 0.485. The summed E-state index contributed by atoms with van der Waals surface area (Å²) in [5, 5.41) is 10.6. The first kappa shape index (κ1) is 15.0. The zero-order valence-corrected chi connectivity index (χ0v) is 12.7. The van der Waals surface area contributed by atoms with Crippen molar-refractivity contribution in [1.82, 2.24) is 0 Å². The summed E-state index contributed by atoms with van der Waals surface area (Å²) in [7, 11) is 0. The second kappa shape index (κ2) is 4.86. The van der Waals surface area contributed by atoms with Gasteiger partial charge in [-0.3, -0.25) is 14.9 Å². The molecule has 5 nitrogen and oxygen atoms in total. The van der Waals surface area contributed by atoms with Gasteiger partial charge in [0.1, 0.15) is 6.10 Å². The lowest BCUT2D eigenvalue weighted by atomic mass is 10.0. The van der Waals surface area contributed by atoms with Crippen LogP contribution in [-0.2, 0) is 9.53 Å². The minimum atomic E-state index is -0.825. The first-order valence-corrected chi connectivity index (χ1v) is 7.11. The van der Waals surface area contributed by atoms with Crippen molar-refractivity contribution >= 4 is 22.6 Å². The summed E-state index contributed by atoms with van der Waals surface area (Å²) < 4.78 is 5.40.